The molecule has 2 aromatic rings. The molecule has 0 saturated carbocycles. The van der Waals surface area contributed by atoms with Gasteiger partial charge in [-0.2, -0.15) is 0 Å². The molecule has 0 fully saturated rings. The average molecular weight is 483 g/mol. The molecule has 35 heavy (non-hydrogen) atoms. The molecule has 0 unspecified atom stereocenters. The van der Waals surface area contributed by atoms with Crippen LogP contribution in [0.2, 0.25) is 0 Å². The summed E-state index contributed by atoms with van der Waals surface area (Å²) in [5, 5.41) is 10.1. The first-order chi connectivity index (χ1) is 16.6. The smallest absolute Gasteiger partial charge is 0.311 e. The van der Waals surface area contributed by atoms with Gasteiger partial charge in [-0.1, -0.05) is 65.5 Å². The second-order valence-electron chi connectivity index (χ2n) is 10.1. The number of rotatable bonds is 13. The fraction of sp³-hybridized carbons (Fsp3) is 0.533. The molecule has 0 aliphatic carbocycles. The largest absolute Gasteiger partial charge is 0.508 e. The van der Waals surface area contributed by atoms with Gasteiger partial charge in [-0.15, -0.1) is 0 Å². The van der Waals surface area contributed by atoms with Crippen molar-refractivity contribution in [3.8, 4) is 17.2 Å². The highest BCUT2D eigenvalue weighted by Gasteiger charge is 2.14. The van der Waals surface area contributed by atoms with Crippen molar-refractivity contribution in [2.45, 2.75) is 105 Å². The van der Waals surface area contributed by atoms with Crippen molar-refractivity contribution in [1.82, 2.24) is 0 Å². The van der Waals surface area contributed by atoms with Crippen molar-refractivity contribution < 1.29 is 24.2 Å². The molecule has 5 heteroatoms. The minimum atomic E-state index is -0.242. The number of aryl methyl sites for hydroxylation is 2. The van der Waals surface area contributed by atoms with Gasteiger partial charge in [0.25, 0.3) is 0 Å². The number of phenolic OH excluding ortho intramolecular Hbond substituents is 1. The molecule has 0 heterocycles. The first-order valence-corrected chi connectivity index (χ1v) is 12.9. The molecule has 0 aliphatic rings. The summed E-state index contributed by atoms with van der Waals surface area (Å²) in [6, 6.07) is 9.43. The summed E-state index contributed by atoms with van der Waals surface area (Å²) in [4.78, 5) is 24.5. The lowest BCUT2D eigenvalue weighted by Gasteiger charge is -2.13. The van der Waals surface area contributed by atoms with E-state index in [4.69, 9.17) is 9.47 Å². The molecule has 0 aliphatic heterocycles. The van der Waals surface area contributed by atoms with Crippen LogP contribution in [0.3, 0.4) is 0 Å². The van der Waals surface area contributed by atoms with Crippen LogP contribution in [-0.4, -0.2) is 17.0 Å². The number of carbonyl (C=O) groups is 2. The normalized spacial score (nSPS) is 11.2. The number of esters is 2. The first-order valence-electron chi connectivity index (χ1n) is 12.9. The van der Waals surface area contributed by atoms with E-state index in [1.54, 1.807) is 12.1 Å². The molecule has 192 valence electrons. The van der Waals surface area contributed by atoms with Crippen LogP contribution in [-0.2, 0) is 9.59 Å². The predicted octanol–water partition coefficient (Wildman–Crippen LogP) is 7.89. The SMILES string of the molecule is Cc1ccc(C(C)C)c(OC(=O)CCCCCCCCC(=O)Oc2cc(C(C)C)c(O)cc2C)c1. The Kier molecular flexibility index (Phi) is 11.3. The Labute approximate surface area is 210 Å². The van der Waals surface area contributed by atoms with E-state index in [-0.39, 0.29) is 23.6 Å². The zero-order valence-electron chi connectivity index (χ0n) is 22.3. The zero-order valence-corrected chi connectivity index (χ0v) is 22.3. The maximum atomic E-state index is 12.3. The molecule has 0 bridgehead atoms. The minimum Gasteiger partial charge on any atom is -0.508 e. The highest BCUT2D eigenvalue weighted by Crippen LogP contribution is 2.33. The molecule has 5 nitrogen and oxygen atoms in total. The molecular weight excluding hydrogens is 440 g/mol. The second kappa shape index (κ2) is 13.9. The van der Waals surface area contributed by atoms with Crippen LogP contribution in [0.15, 0.2) is 30.3 Å². The van der Waals surface area contributed by atoms with Crippen LogP contribution in [0, 0.1) is 13.8 Å². The number of hydrogen-bond acceptors (Lipinski definition) is 5. The fourth-order valence-electron chi connectivity index (χ4n) is 4.06. The van der Waals surface area contributed by atoms with E-state index in [1.807, 2.05) is 45.9 Å². The van der Waals surface area contributed by atoms with E-state index in [2.05, 4.69) is 13.8 Å². The Morgan fingerprint density at radius 2 is 1.23 bits per heavy atom. The Hall–Kier alpha value is -2.82. The van der Waals surface area contributed by atoms with Gasteiger partial charge < -0.3 is 14.6 Å². The van der Waals surface area contributed by atoms with Crippen molar-refractivity contribution in [3.63, 3.8) is 0 Å². The molecule has 0 amide bonds. The average Bonchev–Trinajstić information content (AvgIpc) is 2.77. The molecule has 0 atom stereocenters. The molecule has 0 radical (unpaired) electrons. The van der Waals surface area contributed by atoms with Crippen LogP contribution in [0.1, 0.15) is 113 Å². The van der Waals surface area contributed by atoms with E-state index in [0.29, 0.717) is 30.3 Å². The van der Waals surface area contributed by atoms with Crippen LogP contribution in [0.5, 0.6) is 17.2 Å². The Morgan fingerprint density at radius 1 is 0.714 bits per heavy atom. The van der Waals surface area contributed by atoms with Gasteiger partial charge in [-0.25, -0.2) is 0 Å². The van der Waals surface area contributed by atoms with Gasteiger partial charge in [-0.3, -0.25) is 9.59 Å². The summed E-state index contributed by atoms with van der Waals surface area (Å²) in [7, 11) is 0. The van der Waals surface area contributed by atoms with Crippen molar-refractivity contribution in [3.05, 3.63) is 52.6 Å². The maximum Gasteiger partial charge on any atom is 0.311 e. The van der Waals surface area contributed by atoms with Crippen molar-refractivity contribution >= 4 is 11.9 Å². The molecular formula is C30H42O5. The zero-order chi connectivity index (χ0) is 26.0. The summed E-state index contributed by atoms with van der Waals surface area (Å²) in [5.41, 5.74) is 3.67. The van der Waals surface area contributed by atoms with Gasteiger partial charge in [0.05, 0.1) is 0 Å². The summed E-state index contributed by atoms with van der Waals surface area (Å²) in [6.45, 7) is 12.0. The van der Waals surface area contributed by atoms with E-state index < -0.39 is 0 Å². The number of ether oxygens (including phenoxy) is 2. The van der Waals surface area contributed by atoms with E-state index in [0.717, 1.165) is 60.8 Å². The number of unbranched alkanes of at least 4 members (excludes halogenated alkanes) is 5. The molecule has 2 rings (SSSR count). The third-order valence-electron chi connectivity index (χ3n) is 6.20. The molecule has 0 aromatic heterocycles. The van der Waals surface area contributed by atoms with Crippen molar-refractivity contribution in [2.24, 2.45) is 0 Å². The van der Waals surface area contributed by atoms with Crippen molar-refractivity contribution in [1.29, 1.82) is 0 Å². The van der Waals surface area contributed by atoms with Gasteiger partial charge in [0, 0.05) is 18.4 Å². The number of benzene rings is 2. The summed E-state index contributed by atoms with van der Waals surface area (Å²) in [5.74, 6) is 1.47. The summed E-state index contributed by atoms with van der Waals surface area (Å²) < 4.78 is 11.2. The van der Waals surface area contributed by atoms with Crippen LogP contribution in [0.4, 0.5) is 0 Å². The number of hydrogen-bond donors (Lipinski definition) is 1. The first kappa shape index (κ1) is 28.4. The highest BCUT2D eigenvalue weighted by atomic mass is 16.5. The number of aromatic hydroxyl groups is 1. The maximum absolute atomic E-state index is 12.3. The van der Waals surface area contributed by atoms with Crippen molar-refractivity contribution in [2.75, 3.05) is 0 Å². The fourth-order valence-corrected chi connectivity index (χ4v) is 4.06. The van der Waals surface area contributed by atoms with E-state index in [9.17, 15) is 14.7 Å². The quantitative estimate of drug-likeness (QED) is 0.178. The van der Waals surface area contributed by atoms with Crippen LogP contribution in [0.25, 0.3) is 0 Å². The standard InChI is InChI=1S/C30H42O5/c1-20(2)24-16-15-22(5)17-28(24)35-30(33)14-12-10-8-7-9-11-13-29(32)34-27-19-25(21(3)4)26(31)18-23(27)6/h15-21,31H,7-14H2,1-6H3. The molecule has 0 saturated heterocycles. The molecule has 0 spiro atoms. The topological polar surface area (TPSA) is 72.8 Å². The lowest BCUT2D eigenvalue weighted by Crippen LogP contribution is -2.10. The Bertz CT molecular complexity index is 990. The third kappa shape index (κ3) is 9.39. The monoisotopic (exact) mass is 482 g/mol. The minimum absolute atomic E-state index is 0.148. The van der Waals surface area contributed by atoms with E-state index in [1.165, 1.54) is 0 Å². The predicted molar refractivity (Wildman–Crippen MR) is 140 cm³/mol. The number of carbonyl (C=O) groups excluding carboxylic acids is 2. The Balaban J connectivity index is 1.62. The number of phenols is 1. The van der Waals surface area contributed by atoms with Gasteiger partial charge in [0.2, 0.25) is 0 Å². The van der Waals surface area contributed by atoms with Gasteiger partial charge >= 0.3 is 11.9 Å². The third-order valence-corrected chi connectivity index (χ3v) is 6.20. The lowest BCUT2D eigenvalue weighted by atomic mass is 10.00. The highest BCUT2D eigenvalue weighted by molar-refractivity contribution is 5.73. The van der Waals surface area contributed by atoms with Crippen LogP contribution >= 0.6 is 0 Å². The van der Waals surface area contributed by atoms with Gasteiger partial charge in [0.1, 0.15) is 17.2 Å². The Morgan fingerprint density at radius 3 is 1.77 bits per heavy atom. The summed E-state index contributed by atoms with van der Waals surface area (Å²) >= 11 is 0. The molecule has 1 N–H and O–H groups in total. The lowest BCUT2D eigenvalue weighted by molar-refractivity contribution is -0.135. The molecule has 2 aromatic carbocycles. The second-order valence-corrected chi connectivity index (χ2v) is 10.1. The van der Waals surface area contributed by atoms with Gasteiger partial charge in [-0.05, 0) is 73.4 Å². The van der Waals surface area contributed by atoms with E-state index >= 15 is 0 Å². The summed E-state index contributed by atoms with van der Waals surface area (Å²) in [6.07, 6.45) is 6.34. The van der Waals surface area contributed by atoms with Gasteiger partial charge in [0.15, 0.2) is 0 Å². The van der Waals surface area contributed by atoms with Crippen LogP contribution < -0.4 is 9.47 Å².